The fourth-order valence-electron chi connectivity index (χ4n) is 2.64. The minimum atomic E-state index is -0.184. The molecule has 0 aliphatic heterocycles. The Morgan fingerprint density at radius 3 is 2.88 bits per heavy atom. The van der Waals surface area contributed by atoms with Gasteiger partial charge in [-0.25, -0.2) is 4.39 Å². The topological polar surface area (TPSA) is 23.5 Å². The molecule has 1 aromatic rings. The van der Waals surface area contributed by atoms with E-state index in [2.05, 4.69) is 4.90 Å². The highest BCUT2D eigenvalue weighted by Crippen LogP contribution is 2.26. The van der Waals surface area contributed by atoms with Crippen LogP contribution in [0, 0.1) is 11.7 Å². The summed E-state index contributed by atoms with van der Waals surface area (Å²) in [6.07, 6.45) is 3.01. The fourth-order valence-corrected chi connectivity index (χ4v) is 2.64. The Morgan fingerprint density at radius 1 is 1.41 bits per heavy atom. The van der Waals surface area contributed by atoms with E-state index in [-0.39, 0.29) is 11.9 Å². The Kier molecular flexibility index (Phi) is 4.13. The average molecular weight is 237 g/mol. The Balaban J connectivity index is 1.86. The summed E-state index contributed by atoms with van der Waals surface area (Å²) in [5.74, 6) is 0.199. The standard InChI is InChI=1S/C14H20FNO/c1-16(10-12-5-3-7-14(12)17)9-11-4-2-6-13(15)8-11/h2,4,6,8,12,14,17H,3,5,7,9-10H2,1H3. The molecule has 1 fully saturated rings. The molecule has 0 saturated heterocycles. The molecule has 0 amide bonds. The highest BCUT2D eigenvalue weighted by Gasteiger charge is 2.25. The van der Waals surface area contributed by atoms with Gasteiger partial charge < -0.3 is 10.0 Å². The highest BCUT2D eigenvalue weighted by molar-refractivity contribution is 5.16. The number of hydrogen-bond acceptors (Lipinski definition) is 2. The summed E-state index contributed by atoms with van der Waals surface area (Å²) in [5, 5.41) is 9.76. The zero-order valence-corrected chi connectivity index (χ0v) is 10.3. The van der Waals surface area contributed by atoms with Gasteiger partial charge in [0.1, 0.15) is 5.82 Å². The lowest BCUT2D eigenvalue weighted by Crippen LogP contribution is -2.29. The molecule has 94 valence electrons. The van der Waals surface area contributed by atoms with Crippen LogP contribution in [0.2, 0.25) is 0 Å². The van der Waals surface area contributed by atoms with Gasteiger partial charge in [-0.15, -0.1) is 0 Å². The number of aliphatic hydroxyl groups is 1. The molecule has 0 bridgehead atoms. The van der Waals surface area contributed by atoms with Gasteiger partial charge in [-0.05, 0) is 43.5 Å². The SMILES string of the molecule is CN(Cc1cccc(F)c1)CC1CCCC1O. The number of rotatable bonds is 4. The van der Waals surface area contributed by atoms with Gasteiger partial charge in [-0.1, -0.05) is 18.6 Å². The monoisotopic (exact) mass is 237 g/mol. The maximum absolute atomic E-state index is 13.0. The average Bonchev–Trinajstić information content (AvgIpc) is 2.64. The van der Waals surface area contributed by atoms with Crippen molar-refractivity contribution in [1.82, 2.24) is 4.90 Å². The van der Waals surface area contributed by atoms with Crippen LogP contribution >= 0.6 is 0 Å². The van der Waals surface area contributed by atoms with Crippen molar-refractivity contribution in [3.63, 3.8) is 0 Å². The van der Waals surface area contributed by atoms with Gasteiger partial charge >= 0.3 is 0 Å². The first-order chi connectivity index (χ1) is 8.15. The molecule has 0 aromatic heterocycles. The normalized spacial score (nSPS) is 24.5. The molecule has 2 atom stereocenters. The second-order valence-corrected chi connectivity index (χ2v) is 5.09. The molecule has 1 aromatic carbocycles. The summed E-state index contributed by atoms with van der Waals surface area (Å²) in [5.41, 5.74) is 0.986. The first-order valence-electron chi connectivity index (χ1n) is 6.26. The van der Waals surface area contributed by atoms with Gasteiger partial charge in [-0.2, -0.15) is 0 Å². The lowest BCUT2D eigenvalue weighted by atomic mass is 10.1. The molecule has 2 nitrogen and oxygen atoms in total. The van der Waals surface area contributed by atoms with E-state index in [0.717, 1.165) is 37.9 Å². The molecule has 17 heavy (non-hydrogen) atoms. The van der Waals surface area contributed by atoms with Crippen LogP contribution in [0.5, 0.6) is 0 Å². The van der Waals surface area contributed by atoms with Gasteiger partial charge in [0.2, 0.25) is 0 Å². The van der Waals surface area contributed by atoms with E-state index in [9.17, 15) is 9.50 Å². The minimum absolute atomic E-state index is 0.148. The van der Waals surface area contributed by atoms with Crippen LogP contribution in [0.15, 0.2) is 24.3 Å². The summed E-state index contributed by atoms with van der Waals surface area (Å²) in [4.78, 5) is 2.16. The van der Waals surface area contributed by atoms with Gasteiger partial charge in [0, 0.05) is 13.1 Å². The third-order valence-electron chi connectivity index (χ3n) is 3.51. The molecule has 1 saturated carbocycles. The van der Waals surface area contributed by atoms with E-state index < -0.39 is 0 Å². The van der Waals surface area contributed by atoms with Gasteiger partial charge in [0.15, 0.2) is 0 Å². The Hall–Kier alpha value is -0.930. The van der Waals surface area contributed by atoms with E-state index in [4.69, 9.17) is 0 Å². The molecule has 1 aliphatic carbocycles. The third-order valence-corrected chi connectivity index (χ3v) is 3.51. The Labute approximate surface area is 102 Å². The molecule has 0 radical (unpaired) electrons. The van der Waals surface area contributed by atoms with E-state index in [1.807, 2.05) is 13.1 Å². The molecule has 0 spiro atoms. The number of halogens is 1. The van der Waals surface area contributed by atoms with Crippen molar-refractivity contribution in [2.45, 2.75) is 31.9 Å². The Bertz CT molecular complexity index is 369. The zero-order valence-electron chi connectivity index (χ0n) is 10.3. The van der Waals surface area contributed by atoms with Crippen molar-refractivity contribution >= 4 is 0 Å². The van der Waals surface area contributed by atoms with Crippen LogP contribution in [-0.2, 0) is 6.54 Å². The number of hydrogen-bond donors (Lipinski definition) is 1. The van der Waals surface area contributed by atoms with E-state index >= 15 is 0 Å². The summed E-state index contributed by atoms with van der Waals surface area (Å²) in [7, 11) is 2.02. The maximum atomic E-state index is 13.0. The minimum Gasteiger partial charge on any atom is -0.393 e. The fraction of sp³-hybridized carbons (Fsp3) is 0.571. The summed E-state index contributed by atoms with van der Waals surface area (Å²) < 4.78 is 13.0. The number of aliphatic hydroxyl groups excluding tert-OH is 1. The van der Waals surface area contributed by atoms with Crippen molar-refractivity contribution in [2.24, 2.45) is 5.92 Å². The van der Waals surface area contributed by atoms with Crippen LogP contribution < -0.4 is 0 Å². The maximum Gasteiger partial charge on any atom is 0.123 e. The second kappa shape index (κ2) is 5.61. The van der Waals surface area contributed by atoms with Crippen LogP contribution in [0.25, 0.3) is 0 Å². The van der Waals surface area contributed by atoms with Crippen molar-refractivity contribution in [2.75, 3.05) is 13.6 Å². The van der Waals surface area contributed by atoms with Crippen LogP contribution in [0.1, 0.15) is 24.8 Å². The van der Waals surface area contributed by atoms with Crippen molar-refractivity contribution in [3.05, 3.63) is 35.6 Å². The predicted molar refractivity (Wildman–Crippen MR) is 66.1 cm³/mol. The highest BCUT2D eigenvalue weighted by atomic mass is 19.1. The van der Waals surface area contributed by atoms with Crippen molar-refractivity contribution < 1.29 is 9.50 Å². The lowest BCUT2D eigenvalue weighted by molar-refractivity contribution is 0.108. The first kappa shape index (κ1) is 12.5. The van der Waals surface area contributed by atoms with E-state index in [1.165, 1.54) is 6.07 Å². The van der Waals surface area contributed by atoms with Crippen LogP contribution in [0.4, 0.5) is 4.39 Å². The third kappa shape index (κ3) is 3.51. The van der Waals surface area contributed by atoms with Gasteiger partial charge in [0.25, 0.3) is 0 Å². The Morgan fingerprint density at radius 2 is 2.24 bits per heavy atom. The summed E-state index contributed by atoms with van der Waals surface area (Å²) >= 11 is 0. The molecule has 0 heterocycles. The molecular formula is C14H20FNO. The molecule has 1 aliphatic rings. The van der Waals surface area contributed by atoms with Crippen LogP contribution in [0.3, 0.4) is 0 Å². The molecular weight excluding hydrogens is 217 g/mol. The van der Waals surface area contributed by atoms with E-state index in [0.29, 0.717) is 5.92 Å². The van der Waals surface area contributed by atoms with Crippen molar-refractivity contribution in [1.29, 1.82) is 0 Å². The molecule has 1 N–H and O–H groups in total. The second-order valence-electron chi connectivity index (χ2n) is 5.09. The quantitative estimate of drug-likeness (QED) is 0.869. The smallest absolute Gasteiger partial charge is 0.123 e. The van der Waals surface area contributed by atoms with Crippen LogP contribution in [-0.4, -0.2) is 29.7 Å². The molecule has 2 unspecified atom stereocenters. The van der Waals surface area contributed by atoms with Crippen molar-refractivity contribution in [3.8, 4) is 0 Å². The van der Waals surface area contributed by atoms with Gasteiger partial charge in [0.05, 0.1) is 6.10 Å². The zero-order chi connectivity index (χ0) is 12.3. The number of benzene rings is 1. The first-order valence-corrected chi connectivity index (χ1v) is 6.26. The predicted octanol–water partition coefficient (Wildman–Crippen LogP) is 2.42. The number of nitrogens with zero attached hydrogens (tertiary/aromatic N) is 1. The van der Waals surface area contributed by atoms with Gasteiger partial charge in [-0.3, -0.25) is 0 Å². The molecule has 3 heteroatoms. The summed E-state index contributed by atoms with van der Waals surface area (Å²) in [6, 6.07) is 6.71. The molecule has 2 rings (SSSR count). The summed E-state index contributed by atoms with van der Waals surface area (Å²) in [6.45, 7) is 1.62. The largest absolute Gasteiger partial charge is 0.393 e. The lowest BCUT2D eigenvalue weighted by Gasteiger charge is -2.23. The van der Waals surface area contributed by atoms with E-state index in [1.54, 1.807) is 12.1 Å².